The highest BCUT2D eigenvalue weighted by molar-refractivity contribution is 6.13. The number of rotatable bonds is 10. The molecule has 3 atom stereocenters. The van der Waals surface area contributed by atoms with Crippen molar-refractivity contribution in [2.75, 3.05) is 69.1 Å². The van der Waals surface area contributed by atoms with Gasteiger partial charge in [-0.25, -0.2) is 9.37 Å². The summed E-state index contributed by atoms with van der Waals surface area (Å²) in [5.41, 5.74) is 9.19. The summed E-state index contributed by atoms with van der Waals surface area (Å²) in [4.78, 5) is 81.3. The normalized spacial score (nSPS) is 22.3. The van der Waals surface area contributed by atoms with Crippen molar-refractivity contribution in [3.63, 3.8) is 0 Å². The summed E-state index contributed by atoms with van der Waals surface area (Å²) in [6, 6.07) is 15.2. The van der Waals surface area contributed by atoms with Crippen LogP contribution >= 0.6 is 0 Å². The molecule has 3 saturated heterocycles. The van der Waals surface area contributed by atoms with Crippen molar-refractivity contribution in [1.82, 2.24) is 39.0 Å². The molecule has 16 heteroatoms. The quantitative estimate of drug-likeness (QED) is 0.149. The Morgan fingerprint density at radius 1 is 0.932 bits per heavy atom. The van der Waals surface area contributed by atoms with E-state index in [1.807, 2.05) is 63.2 Å². The third-order valence-corrected chi connectivity index (χ3v) is 17.1. The van der Waals surface area contributed by atoms with E-state index in [0.29, 0.717) is 62.0 Å². The number of halogens is 1. The first kappa shape index (κ1) is 48.8. The third-order valence-electron chi connectivity index (χ3n) is 17.1. The van der Waals surface area contributed by atoms with Crippen LogP contribution in [-0.4, -0.2) is 128 Å². The number of benzene rings is 2. The molecule has 6 aliphatic rings. The molecule has 4 amide bonds. The van der Waals surface area contributed by atoms with Gasteiger partial charge in [0, 0.05) is 143 Å². The predicted molar refractivity (Wildman–Crippen MR) is 280 cm³/mol. The average molecular weight is 991 g/mol. The number of aromatic nitrogens is 3. The van der Waals surface area contributed by atoms with Crippen LogP contribution in [0.15, 0.2) is 71.8 Å². The summed E-state index contributed by atoms with van der Waals surface area (Å²) < 4.78 is 20.0. The lowest BCUT2D eigenvalue weighted by Crippen LogP contribution is -2.55. The summed E-state index contributed by atoms with van der Waals surface area (Å²) in [5.74, 6) is -0.821. The van der Waals surface area contributed by atoms with Gasteiger partial charge >= 0.3 is 0 Å². The number of piperidine rings is 2. The van der Waals surface area contributed by atoms with E-state index in [-0.39, 0.29) is 41.6 Å². The molecule has 0 aliphatic carbocycles. The maximum absolute atomic E-state index is 16.2. The molecule has 11 rings (SSSR count). The summed E-state index contributed by atoms with van der Waals surface area (Å²) in [7, 11) is 2.02. The van der Waals surface area contributed by atoms with E-state index in [2.05, 4.69) is 68.0 Å². The van der Waals surface area contributed by atoms with Crippen LogP contribution in [0.4, 0.5) is 15.8 Å². The zero-order valence-corrected chi connectivity index (χ0v) is 43.0. The molecule has 0 saturated carbocycles. The minimum absolute atomic E-state index is 0.00253. The summed E-state index contributed by atoms with van der Waals surface area (Å²) in [5, 5.41) is 6.63. The van der Waals surface area contributed by atoms with E-state index in [9.17, 15) is 24.0 Å². The van der Waals surface area contributed by atoms with Crippen LogP contribution in [0.2, 0.25) is 0 Å². The van der Waals surface area contributed by atoms with Crippen LogP contribution < -0.4 is 21.1 Å². The number of imide groups is 1. The number of aryl methyl sites for hydroxylation is 2. The van der Waals surface area contributed by atoms with Gasteiger partial charge in [-0.05, 0) is 131 Å². The van der Waals surface area contributed by atoms with Crippen LogP contribution in [0.1, 0.15) is 110 Å². The van der Waals surface area contributed by atoms with Crippen molar-refractivity contribution in [2.24, 2.45) is 13.0 Å². The second-order valence-electron chi connectivity index (χ2n) is 22.0. The number of pyridine rings is 2. The molecule has 15 nitrogen and oxygen atoms in total. The third kappa shape index (κ3) is 8.78. The smallest absolute Gasteiger partial charge is 0.260 e. The Kier molecular flexibility index (Phi) is 12.7. The first-order valence-electron chi connectivity index (χ1n) is 26.3. The van der Waals surface area contributed by atoms with Gasteiger partial charge in [-0.1, -0.05) is 18.2 Å². The van der Waals surface area contributed by atoms with Gasteiger partial charge in [0.15, 0.2) is 0 Å². The monoisotopic (exact) mass is 991 g/mol. The molecule has 73 heavy (non-hydrogen) atoms. The summed E-state index contributed by atoms with van der Waals surface area (Å²) >= 11 is 0. The van der Waals surface area contributed by atoms with Crippen molar-refractivity contribution < 1.29 is 23.6 Å². The number of hydrogen-bond donors (Lipinski definition) is 2. The molecule has 5 aromatic rings. The van der Waals surface area contributed by atoms with Gasteiger partial charge in [0.1, 0.15) is 17.5 Å². The number of fused-ring (bicyclic) bond motifs is 3. The summed E-state index contributed by atoms with van der Waals surface area (Å²) in [6.45, 7) is 18.2. The fourth-order valence-electron chi connectivity index (χ4n) is 12.8. The second-order valence-corrected chi connectivity index (χ2v) is 22.0. The van der Waals surface area contributed by atoms with E-state index in [4.69, 9.17) is 4.98 Å². The minimum Gasteiger partial charge on any atom is -0.384 e. The second kappa shape index (κ2) is 19.1. The zero-order chi connectivity index (χ0) is 51.0. The number of amides is 4. The first-order valence-corrected chi connectivity index (χ1v) is 26.3. The number of carbonyl (C=O) groups is 4. The molecule has 2 aromatic carbocycles. The highest BCUT2D eigenvalue weighted by atomic mass is 19.1. The van der Waals surface area contributed by atoms with Gasteiger partial charge in [-0.2, -0.15) is 0 Å². The molecular weight excluding hydrogens is 924 g/mol. The Morgan fingerprint density at radius 3 is 2.48 bits per heavy atom. The lowest BCUT2D eigenvalue weighted by Gasteiger charge is -2.42. The van der Waals surface area contributed by atoms with Crippen LogP contribution in [0.5, 0.6) is 0 Å². The van der Waals surface area contributed by atoms with Gasteiger partial charge in [0.05, 0.1) is 11.1 Å². The highest BCUT2D eigenvalue weighted by Gasteiger charge is 2.49. The molecule has 3 fully saturated rings. The molecule has 382 valence electrons. The van der Waals surface area contributed by atoms with E-state index in [1.165, 1.54) is 6.07 Å². The predicted octanol–water partition coefficient (Wildman–Crippen LogP) is 6.48. The van der Waals surface area contributed by atoms with Crippen molar-refractivity contribution in [3.8, 4) is 5.69 Å². The van der Waals surface area contributed by atoms with Crippen molar-refractivity contribution in [3.05, 3.63) is 122 Å². The molecular formula is C57H67FN10O5. The standard InChI is InChI=1S/C57H67FN10O5/c1-34-27-40(29-44(58)51(34)39-15-22-64(23-16-39)36(3)49-30-42-46(12-19-60-52(42)62(49)6)67-24-17-45-41(55(67)72)11-18-59-45)54(71)65-20-13-37(14-21-65)33-66-26-25-63(31-35(66)2)32-38-7-8-47-43(28-38)57(4,5)56(73)68(47)48-9-10-50(69)61-53(48)70/h7-8,12,15,17,19,24,27-30,35-37,48,59H,9-11,13-14,16,18,20-23,25-26,31-33H2,1-6H3,(H,61,69,70)/t35-,36-,48+/m0/s1. The van der Waals surface area contributed by atoms with Gasteiger partial charge in [-0.3, -0.25) is 53.5 Å². The molecule has 0 unspecified atom stereocenters. The average Bonchev–Trinajstić information content (AvgIpc) is 4.06. The molecule has 0 radical (unpaired) electrons. The molecule has 3 aromatic heterocycles. The van der Waals surface area contributed by atoms with Crippen molar-refractivity contribution in [1.29, 1.82) is 0 Å². The summed E-state index contributed by atoms with van der Waals surface area (Å²) in [6.07, 6.45) is 9.47. The molecule has 0 spiro atoms. The fourth-order valence-corrected chi connectivity index (χ4v) is 12.8. The van der Waals surface area contributed by atoms with E-state index < -0.39 is 17.4 Å². The fraction of sp³-hybridized carbons (Fsp3) is 0.474. The van der Waals surface area contributed by atoms with Crippen LogP contribution in [-0.2, 0) is 39.8 Å². The number of likely N-dealkylation sites (tertiary alicyclic amines) is 1. The van der Waals surface area contributed by atoms with E-state index in [0.717, 1.165) is 120 Å². The first-order chi connectivity index (χ1) is 35.0. The molecule has 2 N–H and O–H groups in total. The minimum atomic E-state index is -0.782. The Balaban J connectivity index is 0.674. The van der Waals surface area contributed by atoms with Gasteiger partial charge in [0.25, 0.3) is 11.5 Å². The Morgan fingerprint density at radius 2 is 1.74 bits per heavy atom. The topological polar surface area (TPSA) is 148 Å². The number of anilines is 2. The highest BCUT2D eigenvalue weighted by Crippen LogP contribution is 2.44. The van der Waals surface area contributed by atoms with Gasteiger partial charge in [0.2, 0.25) is 17.7 Å². The number of carbonyl (C=O) groups excluding carboxylic acids is 4. The van der Waals surface area contributed by atoms with Gasteiger partial charge in [-0.15, -0.1) is 0 Å². The van der Waals surface area contributed by atoms with Crippen LogP contribution in [0, 0.1) is 18.7 Å². The van der Waals surface area contributed by atoms with Crippen LogP contribution in [0.25, 0.3) is 22.3 Å². The number of nitrogens with zero attached hydrogens (tertiary/aromatic N) is 8. The zero-order valence-electron chi connectivity index (χ0n) is 43.0. The lowest BCUT2D eigenvalue weighted by atomic mass is 9.85. The lowest BCUT2D eigenvalue weighted by molar-refractivity contribution is -0.136. The van der Waals surface area contributed by atoms with Crippen molar-refractivity contribution in [2.45, 2.75) is 103 Å². The number of piperazine rings is 1. The number of nitrogens with one attached hydrogen (secondary N) is 2. The van der Waals surface area contributed by atoms with Crippen molar-refractivity contribution >= 4 is 51.6 Å². The Labute approximate surface area is 426 Å². The van der Waals surface area contributed by atoms with E-state index >= 15 is 4.39 Å². The maximum atomic E-state index is 16.2. The Hall–Kier alpha value is -6.49. The van der Waals surface area contributed by atoms with Crippen LogP contribution in [0.3, 0.4) is 0 Å². The Bertz CT molecular complexity index is 3140. The molecule has 6 aliphatic heterocycles. The van der Waals surface area contributed by atoms with Gasteiger partial charge < -0.3 is 14.8 Å². The molecule has 9 heterocycles. The van der Waals surface area contributed by atoms with E-state index in [1.54, 1.807) is 15.7 Å². The SMILES string of the molecule is Cc1cc(C(=O)N2CCC(CN3CCN(Cc4ccc5c(c4)C(C)(C)C(=O)N5[C@@H]4CCC(=O)NC4=O)C[C@@H]3C)CC2)cc(F)c1C1=CCN([C@@H](C)c2cc3c(-n4ccc5c(c4=O)CCN5)ccnc3n2C)CC1. The maximum Gasteiger partial charge on any atom is 0.260 e. The molecule has 0 bridgehead atoms. The number of hydrogen-bond acceptors (Lipinski definition) is 10. The largest absolute Gasteiger partial charge is 0.384 e.